The minimum absolute atomic E-state index is 0.0951. The Morgan fingerprint density at radius 1 is 0.842 bits per heavy atom. The second-order valence-electron chi connectivity index (χ2n) is 16.2. The van der Waals surface area contributed by atoms with Crippen molar-refractivity contribution in [1.29, 1.82) is 0 Å². The highest BCUT2D eigenvalue weighted by atomic mass is 16.5. The van der Waals surface area contributed by atoms with Gasteiger partial charge in [-0.05, 0) is 59.4 Å². The number of nitrogens with zero attached hydrogens (tertiary/aromatic N) is 3. The van der Waals surface area contributed by atoms with Crippen LogP contribution in [0.25, 0.3) is 10.9 Å². The highest BCUT2D eigenvalue weighted by Crippen LogP contribution is 2.26. The van der Waals surface area contributed by atoms with E-state index in [1.807, 2.05) is 126 Å². The zero-order valence-electron chi connectivity index (χ0n) is 34.0. The number of carbonyl (C=O) groups excluding carboxylic acids is 4. The van der Waals surface area contributed by atoms with Gasteiger partial charge in [0.05, 0.1) is 24.8 Å². The van der Waals surface area contributed by atoms with Gasteiger partial charge < -0.3 is 35.6 Å². The number of carbonyl (C=O) groups is 4. The predicted molar refractivity (Wildman–Crippen MR) is 221 cm³/mol. The standard InChI is InChI=1S/C45H58N6O6/c1-7-30(2)39(51-25-24-50(44(51)56)29-33-22-23-46-36-21-15-14-20-35(33)36)41(53)48-37(27-32-18-12-9-13-19-32)38(52)28-34(26-31-16-10-8-11-17-31)47-42(54)40(45(3,4)5)49-43(55)57-6/h8-23,30,34,37-40,52H,7,24-29H2,1-6H3,(H,47,54)(H,48,53)(H,49,55). The first-order chi connectivity index (χ1) is 27.3. The maximum absolute atomic E-state index is 14.5. The number of para-hydroxylation sites is 1. The van der Waals surface area contributed by atoms with Crippen LogP contribution in [0.2, 0.25) is 0 Å². The number of alkyl carbamates (subject to hydrolysis) is 1. The maximum Gasteiger partial charge on any atom is 0.407 e. The molecule has 0 radical (unpaired) electrons. The zero-order valence-corrected chi connectivity index (χ0v) is 34.0. The van der Waals surface area contributed by atoms with Gasteiger partial charge in [-0.25, -0.2) is 9.59 Å². The summed E-state index contributed by atoms with van der Waals surface area (Å²) in [7, 11) is 1.24. The van der Waals surface area contributed by atoms with E-state index >= 15 is 0 Å². The van der Waals surface area contributed by atoms with Gasteiger partial charge >= 0.3 is 12.1 Å². The summed E-state index contributed by atoms with van der Waals surface area (Å²) in [5.41, 5.74) is 3.04. The average Bonchev–Trinajstić information content (AvgIpc) is 3.55. The first-order valence-corrected chi connectivity index (χ1v) is 19.9. The Balaban J connectivity index is 1.38. The number of aliphatic hydroxyl groups is 1. The lowest BCUT2D eigenvalue weighted by molar-refractivity contribution is -0.129. The number of ether oxygens (including phenoxy) is 1. The molecule has 4 aromatic rings. The molecule has 5 rings (SSSR count). The van der Waals surface area contributed by atoms with Gasteiger partial charge in [-0.1, -0.05) is 120 Å². The van der Waals surface area contributed by atoms with Crippen molar-refractivity contribution in [2.75, 3.05) is 20.2 Å². The predicted octanol–water partition coefficient (Wildman–Crippen LogP) is 5.86. The van der Waals surface area contributed by atoms with Gasteiger partial charge in [0, 0.05) is 37.3 Å². The Kier molecular flexibility index (Phi) is 14.7. The molecule has 6 unspecified atom stereocenters. The fourth-order valence-corrected chi connectivity index (χ4v) is 7.54. The van der Waals surface area contributed by atoms with Crippen molar-refractivity contribution in [1.82, 2.24) is 30.7 Å². The van der Waals surface area contributed by atoms with Crippen LogP contribution in [0, 0.1) is 11.3 Å². The van der Waals surface area contributed by atoms with Gasteiger partial charge in [0.25, 0.3) is 0 Å². The summed E-state index contributed by atoms with van der Waals surface area (Å²) in [6.45, 7) is 10.7. The molecule has 1 saturated heterocycles. The molecule has 0 saturated carbocycles. The van der Waals surface area contributed by atoms with E-state index in [1.54, 1.807) is 16.0 Å². The second-order valence-corrected chi connectivity index (χ2v) is 16.2. The Morgan fingerprint density at radius 2 is 1.47 bits per heavy atom. The summed E-state index contributed by atoms with van der Waals surface area (Å²) in [6, 6.07) is 25.8. The van der Waals surface area contributed by atoms with Crippen molar-refractivity contribution in [3.8, 4) is 0 Å². The number of hydrogen-bond donors (Lipinski definition) is 4. The molecule has 6 atom stereocenters. The maximum atomic E-state index is 14.5. The molecule has 12 heteroatoms. The number of pyridine rings is 1. The highest BCUT2D eigenvalue weighted by Gasteiger charge is 2.41. The topological polar surface area (TPSA) is 153 Å². The number of amides is 5. The number of methoxy groups -OCH3 is 1. The molecule has 1 aromatic heterocycles. The molecule has 1 aliphatic heterocycles. The zero-order chi connectivity index (χ0) is 41.1. The van der Waals surface area contributed by atoms with Crippen LogP contribution in [0.15, 0.2) is 97.2 Å². The van der Waals surface area contributed by atoms with Crippen LogP contribution in [0.1, 0.15) is 64.2 Å². The average molecular weight is 779 g/mol. The number of aromatic nitrogens is 1. The number of fused-ring (bicyclic) bond motifs is 1. The van der Waals surface area contributed by atoms with Crippen molar-refractivity contribution in [2.45, 2.75) is 97.1 Å². The van der Waals surface area contributed by atoms with Crippen LogP contribution < -0.4 is 16.0 Å². The summed E-state index contributed by atoms with van der Waals surface area (Å²) in [5, 5.41) is 22.0. The lowest BCUT2D eigenvalue weighted by atomic mass is 9.85. The Labute approximate surface area is 336 Å². The first-order valence-electron chi connectivity index (χ1n) is 19.9. The molecular formula is C45H58N6O6. The third-order valence-corrected chi connectivity index (χ3v) is 10.9. The van der Waals surface area contributed by atoms with Gasteiger partial charge in [0.2, 0.25) is 11.8 Å². The molecule has 3 aromatic carbocycles. The van der Waals surface area contributed by atoms with E-state index < -0.39 is 47.7 Å². The molecular weight excluding hydrogens is 721 g/mol. The van der Waals surface area contributed by atoms with Crippen molar-refractivity contribution in [3.63, 3.8) is 0 Å². The molecule has 1 aliphatic rings. The molecule has 12 nitrogen and oxygen atoms in total. The first kappa shape index (κ1) is 42.6. The van der Waals surface area contributed by atoms with Crippen LogP contribution in [0.4, 0.5) is 9.59 Å². The molecule has 0 spiro atoms. The van der Waals surface area contributed by atoms with Crippen molar-refractivity contribution >= 4 is 34.8 Å². The SMILES string of the molecule is CCC(C)C(C(=O)NC(Cc1ccccc1)C(O)CC(Cc1ccccc1)NC(=O)C(NC(=O)OC)C(C)(C)C)N1CCN(Cc2ccnc3ccccc23)C1=O. The third-order valence-electron chi connectivity index (χ3n) is 10.9. The van der Waals surface area contributed by atoms with E-state index in [0.29, 0.717) is 38.9 Å². The van der Waals surface area contributed by atoms with Gasteiger partial charge in [-0.15, -0.1) is 0 Å². The smallest absolute Gasteiger partial charge is 0.407 e. The molecule has 4 N–H and O–H groups in total. The fraction of sp³-hybridized carbons (Fsp3) is 0.444. The second kappa shape index (κ2) is 19.6. The molecule has 57 heavy (non-hydrogen) atoms. The van der Waals surface area contributed by atoms with Crippen LogP contribution >= 0.6 is 0 Å². The Morgan fingerprint density at radius 3 is 2.11 bits per heavy atom. The van der Waals surface area contributed by atoms with Crippen molar-refractivity contribution in [3.05, 3.63) is 114 Å². The van der Waals surface area contributed by atoms with Gasteiger partial charge in [0.1, 0.15) is 12.1 Å². The quantitative estimate of drug-likeness (QED) is 0.105. The molecule has 304 valence electrons. The Hall–Kier alpha value is -5.49. The molecule has 1 fully saturated rings. The van der Waals surface area contributed by atoms with Crippen LogP contribution in [-0.2, 0) is 33.7 Å². The Bertz CT molecular complexity index is 1950. The van der Waals surface area contributed by atoms with Gasteiger partial charge in [-0.3, -0.25) is 14.6 Å². The van der Waals surface area contributed by atoms with E-state index in [1.165, 1.54) is 7.11 Å². The van der Waals surface area contributed by atoms with Crippen molar-refractivity contribution in [2.24, 2.45) is 11.3 Å². The number of nitrogens with one attached hydrogen (secondary N) is 3. The van der Waals surface area contributed by atoms with Crippen molar-refractivity contribution < 1.29 is 29.0 Å². The molecule has 0 aliphatic carbocycles. The third kappa shape index (κ3) is 11.3. The van der Waals surface area contributed by atoms with E-state index in [-0.39, 0.29) is 24.3 Å². The van der Waals surface area contributed by atoms with E-state index in [0.717, 1.165) is 27.6 Å². The summed E-state index contributed by atoms with van der Waals surface area (Å²) in [6.07, 6.45) is 1.38. The number of rotatable bonds is 17. The minimum Gasteiger partial charge on any atom is -0.453 e. The van der Waals surface area contributed by atoms with Gasteiger partial charge in [0.15, 0.2) is 0 Å². The largest absolute Gasteiger partial charge is 0.453 e. The summed E-state index contributed by atoms with van der Waals surface area (Å²) in [4.78, 5) is 62.7. The van der Waals surface area contributed by atoms with E-state index in [2.05, 4.69) is 20.9 Å². The van der Waals surface area contributed by atoms with Crippen LogP contribution in [0.5, 0.6) is 0 Å². The molecule has 5 amide bonds. The number of urea groups is 1. The normalized spacial score (nSPS) is 16.3. The monoisotopic (exact) mass is 778 g/mol. The summed E-state index contributed by atoms with van der Waals surface area (Å²) in [5.74, 6) is -0.932. The fourth-order valence-electron chi connectivity index (χ4n) is 7.54. The van der Waals surface area contributed by atoms with Gasteiger partial charge in [-0.2, -0.15) is 0 Å². The molecule has 0 bridgehead atoms. The lowest BCUT2D eigenvalue weighted by Gasteiger charge is -2.35. The van der Waals surface area contributed by atoms with Crippen LogP contribution in [-0.4, -0.2) is 94.3 Å². The van der Waals surface area contributed by atoms with Crippen LogP contribution in [0.3, 0.4) is 0 Å². The highest BCUT2D eigenvalue weighted by molar-refractivity contribution is 5.89. The number of benzene rings is 3. The summed E-state index contributed by atoms with van der Waals surface area (Å²) >= 11 is 0. The minimum atomic E-state index is -1.10. The number of aliphatic hydroxyl groups excluding tert-OH is 1. The van der Waals surface area contributed by atoms with E-state index in [4.69, 9.17) is 4.74 Å². The number of hydrogen-bond acceptors (Lipinski definition) is 7. The molecule has 2 heterocycles. The summed E-state index contributed by atoms with van der Waals surface area (Å²) < 4.78 is 4.81. The van der Waals surface area contributed by atoms with E-state index in [9.17, 15) is 24.3 Å². The lowest BCUT2D eigenvalue weighted by Crippen LogP contribution is -2.58.